The van der Waals surface area contributed by atoms with Gasteiger partial charge in [-0.2, -0.15) is 5.26 Å². The molecule has 0 saturated heterocycles. The molecule has 2 aromatic rings. The highest BCUT2D eigenvalue weighted by molar-refractivity contribution is 5.96. The molecule has 20 heavy (non-hydrogen) atoms. The van der Waals surface area contributed by atoms with Crippen molar-refractivity contribution in [1.29, 1.82) is 5.26 Å². The molecule has 1 heterocycles. The van der Waals surface area contributed by atoms with Crippen LogP contribution in [0.5, 0.6) is 0 Å². The lowest BCUT2D eigenvalue weighted by molar-refractivity contribution is -0.136. The molecule has 0 spiro atoms. The molecule has 2 N–H and O–H groups in total. The molecule has 0 amide bonds. The van der Waals surface area contributed by atoms with Gasteiger partial charge in [-0.1, -0.05) is 11.6 Å². The molecule has 2 rings (SSSR count). The molecule has 0 aliphatic carbocycles. The highest BCUT2D eigenvalue weighted by Gasteiger charge is 2.11. The maximum absolute atomic E-state index is 10.6. The van der Waals surface area contributed by atoms with E-state index in [1.54, 1.807) is 0 Å². The Kier molecular flexibility index (Phi) is 3.85. The Morgan fingerprint density at radius 1 is 1.45 bits per heavy atom. The minimum atomic E-state index is -0.873. The van der Waals surface area contributed by atoms with Crippen molar-refractivity contribution in [3.63, 3.8) is 0 Å². The number of pyridine rings is 1. The quantitative estimate of drug-likeness (QED) is 0.891. The lowest BCUT2D eigenvalue weighted by Gasteiger charge is -2.12. The van der Waals surface area contributed by atoms with Crippen LogP contribution in [0, 0.1) is 25.2 Å². The number of benzene rings is 1. The molecule has 0 atom stereocenters. The summed E-state index contributed by atoms with van der Waals surface area (Å²) in [6.45, 7) is 4.22. The number of carboxylic acids is 1. The molecule has 1 aromatic heterocycles. The maximum atomic E-state index is 10.6. The maximum Gasteiger partial charge on any atom is 0.305 e. The van der Waals surface area contributed by atoms with Crippen molar-refractivity contribution in [3.8, 4) is 6.07 Å². The van der Waals surface area contributed by atoms with Crippen LogP contribution in [-0.4, -0.2) is 22.6 Å². The molecule has 0 saturated carbocycles. The smallest absolute Gasteiger partial charge is 0.305 e. The van der Waals surface area contributed by atoms with Crippen molar-refractivity contribution in [1.82, 2.24) is 4.98 Å². The van der Waals surface area contributed by atoms with E-state index in [1.165, 1.54) is 6.20 Å². The SMILES string of the molecule is Cc1cc(C)c2ncc(C#N)c(NCCC(=O)O)c2c1. The molecule has 0 unspecified atom stereocenters. The van der Waals surface area contributed by atoms with Gasteiger partial charge in [0.15, 0.2) is 0 Å². The third-order valence-corrected chi connectivity index (χ3v) is 3.07. The minimum absolute atomic E-state index is 0.000513. The van der Waals surface area contributed by atoms with E-state index in [1.807, 2.05) is 26.0 Å². The molecule has 0 bridgehead atoms. The first-order valence-electron chi connectivity index (χ1n) is 6.28. The molecule has 0 aliphatic rings. The summed E-state index contributed by atoms with van der Waals surface area (Å²) in [4.78, 5) is 14.9. The van der Waals surface area contributed by atoms with Crippen LogP contribution in [0.1, 0.15) is 23.1 Å². The first-order chi connectivity index (χ1) is 9.52. The van der Waals surface area contributed by atoms with Gasteiger partial charge in [0, 0.05) is 18.1 Å². The van der Waals surface area contributed by atoms with Crippen LogP contribution in [0.3, 0.4) is 0 Å². The average Bonchev–Trinajstić information content (AvgIpc) is 2.38. The van der Waals surface area contributed by atoms with Gasteiger partial charge in [-0.25, -0.2) is 0 Å². The lowest BCUT2D eigenvalue weighted by atomic mass is 10.0. The van der Waals surface area contributed by atoms with Crippen molar-refractivity contribution in [2.75, 3.05) is 11.9 Å². The summed E-state index contributed by atoms with van der Waals surface area (Å²) >= 11 is 0. The fourth-order valence-electron chi connectivity index (χ4n) is 2.23. The van der Waals surface area contributed by atoms with Gasteiger partial charge in [0.2, 0.25) is 0 Å². The summed E-state index contributed by atoms with van der Waals surface area (Å²) in [7, 11) is 0. The van der Waals surface area contributed by atoms with E-state index in [0.717, 1.165) is 22.0 Å². The van der Waals surface area contributed by atoms with Crippen LogP contribution in [0.25, 0.3) is 10.9 Å². The summed E-state index contributed by atoms with van der Waals surface area (Å²) in [6.07, 6.45) is 1.52. The van der Waals surface area contributed by atoms with Crippen LogP contribution in [-0.2, 0) is 4.79 Å². The second kappa shape index (κ2) is 5.57. The normalized spacial score (nSPS) is 10.2. The lowest BCUT2D eigenvalue weighted by Crippen LogP contribution is -2.09. The van der Waals surface area contributed by atoms with Gasteiger partial charge in [0.25, 0.3) is 0 Å². The zero-order valence-corrected chi connectivity index (χ0v) is 11.4. The third-order valence-electron chi connectivity index (χ3n) is 3.07. The van der Waals surface area contributed by atoms with E-state index < -0.39 is 5.97 Å². The van der Waals surface area contributed by atoms with Crippen LogP contribution in [0.4, 0.5) is 5.69 Å². The van der Waals surface area contributed by atoms with E-state index in [0.29, 0.717) is 11.3 Å². The predicted molar refractivity (Wildman–Crippen MR) is 76.7 cm³/mol. The Hall–Kier alpha value is -2.61. The van der Waals surface area contributed by atoms with E-state index in [4.69, 9.17) is 5.11 Å². The molecule has 0 aliphatic heterocycles. The Morgan fingerprint density at radius 2 is 2.20 bits per heavy atom. The minimum Gasteiger partial charge on any atom is -0.481 e. The molecule has 5 nitrogen and oxygen atoms in total. The number of hydrogen-bond donors (Lipinski definition) is 2. The first-order valence-corrected chi connectivity index (χ1v) is 6.28. The van der Waals surface area contributed by atoms with E-state index in [2.05, 4.69) is 16.4 Å². The van der Waals surface area contributed by atoms with Crippen LogP contribution in [0.15, 0.2) is 18.3 Å². The summed E-state index contributed by atoms with van der Waals surface area (Å²) < 4.78 is 0. The van der Waals surface area contributed by atoms with Crippen LogP contribution >= 0.6 is 0 Å². The van der Waals surface area contributed by atoms with Crippen molar-refractivity contribution in [3.05, 3.63) is 35.0 Å². The number of nitrogens with one attached hydrogen (secondary N) is 1. The number of aryl methyl sites for hydroxylation is 2. The summed E-state index contributed by atoms with van der Waals surface area (Å²) in [6, 6.07) is 6.08. The number of hydrogen-bond acceptors (Lipinski definition) is 4. The van der Waals surface area contributed by atoms with Gasteiger partial charge < -0.3 is 10.4 Å². The third kappa shape index (κ3) is 2.69. The summed E-state index contributed by atoms with van der Waals surface area (Å²) in [5.74, 6) is -0.873. The van der Waals surface area contributed by atoms with Gasteiger partial charge in [-0.15, -0.1) is 0 Å². The Morgan fingerprint density at radius 3 is 2.85 bits per heavy atom. The number of carboxylic acid groups (broad SMARTS) is 1. The number of rotatable bonds is 4. The molecular weight excluding hydrogens is 254 g/mol. The standard InChI is InChI=1S/C15H15N3O2/c1-9-5-10(2)14-12(6-9)15(11(7-16)8-18-14)17-4-3-13(19)20/h5-6,8H,3-4H2,1-2H3,(H,17,18)(H,19,20). The number of aliphatic carboxylic acids is 1. The van der Waals surface area contributed by atoms with Gasteiger partial charge in [0.05, 0.1) is 23.2 Å². The van der Waals surface area contributed by atoms with Crippen molar-refractivity contribution in [2.24, 2.45) is 0 Å². The van der Waals surface area contributed by atoms with Crippen LogP contribution < -0.4 is 5.32 Å². The van der Waals surface area contributed by atoms with Gasteiger partial charge >= 0.3 is 5.97 Å². The summed E-state index contributed by atoms with van der Waals surface area (Å²) in [5, 5.41) is 21.8. The molecule has 1 aromatic carbocycles. The fraction of sp³-hybridized carbons (Fsp3) is 0.267. The van der Waals surface area contributed by atoms with E-state index in [-0.39, 0.29) is 13.0 Å². The number of anilines is 1. The zero-order chi connectivity index (χ0) is 14.7. The fourth-order valence-corrected chi connectivity index (χ4v) is 2.23. The molecule has 102 valence electrons. The number of fused-ring (bicyclic) bond motifs is 1. The highest BCUT2D eigenvalue weighted by atomic mass is 16.4. The second-order valence-corrected chi connectivity index (χ2v) is 4.71. The van der Waals surface area contributed by atoms with E-state index >= 15 is 0 Å². The monoisotopic (exact) mass is 269 g/mol. The summed E-state index contributed by atoms with van der Waals surface area (Å²) in [5.41, 5.74) is 4.02. The van der Waals surface area contributed by atoms with E-state index in [9.17, 15) is 10.1 Å². The van der Waals surface area contributed by atoms with Crippen LogP contribution in [0.2, 0.25) is 0 Å². The molecular formula is C15H15N3O2. The number of carbonyl (C=O) groups is 1. The molecule has 5 heteroatoms. The molecule has 0 radical (unpaired) electrons. The Balaban J connectivity index is 2.53. The van der Waals surface area contributed by atoms with Crippen molar-refractivity contribution in [2.45, 2.75) is 20.3 Å². The zero-order valence-electron chi connectivity index (χ0n) is 11.4. The highest BCUT2D eigenvalue weighted by Crippen LogP contribution is 2.28. The van der Waals surface area contributed by atoms with Gasteiger partial charge in [-0.3, -0.25) is 9.78 Å². The number of nitriles is 1. The second-order valence-electron chi connectivity index (χ2n) is 4.71. The molecule has 0 fully saturated rings. The van der Waals surface area contributed by atoms with Gasteiger partial charge in [0.1, 0.15) is 6.07 Å². The van der Waals surface area contributed by atoms with Crippen molar-refractivity contribution < 1.29 is 9.90 Å². The number of aromatic nitrogens is 1. The first kappa shape index (κ1) is 13.8. The number of nitrogens with zero attached hydrogens (tertiary/aromatic N) is 2. The van der Waals surface area contributed by atoms with Crippen molar-refractivity contribution >= 4 is 22.6 Å². The predicted octanol–water partition coefficient (Wildman–Crippen LogP) is 2.61. The Labute approximate surface area is 116 Å². The topological polar surface area (TPSA) is 86.0 Å². The average molecular weight is 269 g/mol. The van der Waals surface area contributed by atoms with Gasteiger partial charge in [-0.05, 0) is 25.5 Å². The largest absolute Gasteiger partial charge is 0.481 e. The Bertz CT molecular complexity index is 717.